The zero-order valence-corrected chi connectivity index (χ0v) is 19.4. The van der Waals surface area contributed by atoms with Crippen molar-refractivity contribution >= 4 is 39.3 Å². The lowest BCUT2D eigenvalue weighted by atomic mass is 10.1. The predicted octanol–water partition coefficient (Wildman–Crippen LogP) is 3.21. The van der Waals surface area contributed by atoms with Crippen molar-refractivity contribution in [1.82, 2.24) is 19.7 Å². The summed E-state index contributed by atoms with van der Waals surface area (Å²) >= 11 is 0. The Bertz CT molecular complexity index is 1430. The van der Waals surface area contributed by atoms with Crippen LogP contribution in [-0.2, 0) is 6.54 Å². The summed E-state index contributed by atoms with van der Waals surface area (Å²) in [5, 5.41) is 11.7. The third-order valence-electron chi connectivity index (χ3n) is 6.29. The van der Waals surface area contributed by atoms with Crippen molar-refractivity contribution in [3.63, 3.8) is 0 Å². The Labute approximate surface area is 198 Å². The number of para-hydroxylation sites is 1. The van der Waals surface area contributed by atoms with Gasteiger partial charge in [-0.3, -0.25) is 14.3 Å². The fourth-order valence-electron chi connectivity index (χ4n) is 4.57. The molecule has 1 amide bonds. The molecule has 1 fully saturated rings. The van der Waals surface area contributed by atoms with E-state index in [1.807, 2.05) is 42.5 Å². The van der Waals surface area contributed by atoms with Crippen molar-refractivity contribution < 1.29 is 4.79 Å². The van der Waals surface area contributed by atoms with Crippen molar-refractivity contribution in [1.29, 1.82) is 0 Å². The van der Waals surface area contributed by atoms with Crippen LogP contribution in [0.3, 0.4) is 0 Å². The van der Waals surface area contributed by atoms with E-state index in [2.05, 4.69) is 33.0 Å². The molecule has 0 aliphatic carbocycles. The quantitative estimate of drug-likeness (QED) is 0.377. The maximum absolute atomic E-state index is 13.7. The number of nitrogens with two attached hydrogens (primary N) is 1. The summed E-state index contributed by atoms with van der Waals surface area (Å²) in [6.07, 6.45) is 1.96. The molecule has 4 aromatic rings. The van der Waals surface area contributed by atoms with Gasteiger partial charge in [0.05, 0.1) is 12.1 Å². The van der Waals surface area contributed by atoms with E-state index in [0.717, 1.165) is 41.1 Å². The number of rotatable bonds is 4. The number of hydrogen-bond donors (Lipinski definition) is 1. The third-order valence-corrected chi connectivity index (χ3v) is 6.29. The smallest absolute Gasteiger partial charge is 0.297 e. The number of anilines is 2. The van der Waals surface area contributed by atoms with Crippen molar-refractivity contribution in [3.05, 3.63) is 54.4 Å². The molecule has 1 aliphatic rings. The highest BCUT2D eigenvalue weighted by atomic mass is 16.2. The molecule has 34 heavy (non-hydrogen) atoms. The molecule has 0 radical (unpaired) electrons. The number of fused-ring (bicyclic) bond motifs is 3. The van der Waals surface area contributed by atoms with Crippen molar-refractivity contribution in [2.45, 2.75) is 32.4 Å². The van der Waals surface area contributed by atoms with Crippen LogP contribution in [0.25, 0.3) is 21.7 Å². The monoisotopic (exact) mass is 453 g/mol. The molecule has 172 valence electrons. The van der Waals surface area contributed by atoms with E-state index >= 15 is 0 Å². The Kier molecular flexibility index (Phi) is 5.86. The van der Waals surface area contributed by atoms with E-state index in [0.29, 0.717) is 24.9 Å². The lowest BCUT2D eigenvalue weighted by molar-refractivity contribution is 0.0979. The van der Waals surface area contributed by atoms with Gasteiger partial charge in [-0.05, 0) is 31.2 Å². The second-order valence-corrected chi connectivity index (χ2v) is 8.55. The van der Waals surface area contributed by atoms with Gasteiger partial charge in [-0.15, -0.1) is 16.1 Å². The molecule has 1 atom stereocenters. The second kappa shape index (κ2) is 9.12. The Hall–Kier alpha value is -3.96. The van der Waals surface area contributed by atoms with E-state index in [-0.39, 0.29) is 17.8 Å². The van der Waals surface area contributed by atoms with Gasteiger partial charge in [0.1, 0.15) is 5.82 Å². The van der Waals surface area contributed by atoms with E-state index in [1.54, 1.807) is 23.4 Å². The summed E-state index contributed by atoms with van der Waals surface area (Å²) in [5.41, 5.74) is 7.02. The average Bonchev–Trinajstić information content (AvgIpc) is 3.30. The molecule has 0 spiro atoms. The Morgan fingerprint density at radius 1 is 1.12 bits per heavy atom. The molecule has 2 N–H and O–H groups in total. The zero-order valence-electron chi connectivity index (χ0n) is 19.4. The number of benzene rings is 2. The molecular formula is C26H27N7O. The van der Waals surface area contributed by atoms with Gasteiger partial charge in [-0.25, -0.2) is 4.98 Å². The van der Waals surface area contributed by atoms with E-state index in [4.69, 9.17) is 10.7 Å². The van der Waals surface area contributed by atoms with Crippen LogP contribution in [0, 0.1) is 11.8 Å². The van der Waals surface area contributed by atoms with Gasteiger partial charge in [-0.2, -0.15) is 0 Å². The van der Waals surface area contributed by atoms with Gasteiger partial charge in [0.15, 0.2) is 0 Å². The first-order valence-electron chi connectivity index (χ1n) is 11.5. The summed E-state index contributed by atoms with van der Waals surface area (Å²) in [6.45, 7) is 3.61. The topological polar surface area (TPSA) is 93.2 Å². The number of amides is 1. The van der Waals surface area contributed by atoms with Crippen molar-refractivity contribution in [2.24, 2.45) is 5.73 Å². The molecule has 1 saturated heterocycles. The SMILES string of the molecule is CC#CCn1c(C(=O)N(C)c2nc3ccccc3c3ccccc23)nnc1N1CCCC(N)C1. The molecule has 1 unspecified atom stereocenters. The van der Waals surface area contributed by atoms with Crippen LogP contribution in [0.4, 0.5) is 11.8 Å². The molecule has 0 saturated carbocycles. The third kappa shape index (κ3) is 3.84. The normalized spacial score (nSPS) is 15.9. The Morgan fingerprint density at radius 2 is 1.85 bits per heavy atom. The summed E-state index contributed by atoms with van der Waals surface area (Å²) in [4.78, 5) is 22.2. The van der Waals surface area contributed by atoms with E-state index in [9.17, 15) is 4.79 Å². The van der Waals surface area contributed by atoms with E-state index < -0.39 is 0 Å². The average molecular weight is 454 g/mol. The van der Waals surface area contributed by atoms with Gasteiger partial charge in [-0.1, -0.05) is 48.4 Å². The summed E-state index contributed by atoms with van der Waals surface area (Å²) < 4.78 is 1.79. The summed E-state index contributed by atoms with van der Waals surface area (Å²) in [6, 6.07) is 16.0. The molecule has 0 bridgehead atoms. The number of pyridine rings is 1. The minimum atomic E-state index is -0.286. The van der Waals surface area contributed by atoms with Crippen molar-refractivity contribution in [3.8, 4) is 11.8 Å². The molecule has 3 heterocycles. The predicted molar refractivity (Wildman–Crippen MR) is 135 cm³/mol. The highest BCUT2D eigenvalue weighted by Gasteiger charge is 2.28. The molecular weight excluding hydrogens is 426 g/mol. The maximum Gasteiger partial charge on any atom is 0.297 e. The second-order valence-electron chi connectivity index (χ2n) is 8.55. The molecule has 5 rings (SSSR count). The fraction of sp³-hybridized carbons (Fsp3) is 0.308. The zero-order chi connectivity index (χ0) is 23.7. The van der Waals surface area contributed by atoms with Gasteiger partial charge < -0.3 is 10.6 Å². The van der Waals surface area contributed by atoms with Gasteiger partial charge >= 0.3 is 0 Å². The minimum absolute atomic E-state index is 0.0751. The lowest BCUT2D eigenvalue weighted by Crippen LogP contribution is -2.44. The van der Waals surface area contributed by atoms with Crippen molar-refractivity contribution in [2.75, 3.05) is 29.9 Å². The lowest BCUT2D eigenvalue weighted by Gasteiger charge is -2.31. The fourth-order valence-corrected chi connectivity index (χ4v) is 4.57. The summed E-state index contributed by atoms with van der Waals surface area (Å²) in [7, 11) is 1.73. The van der Waals surface area contributed by atoms with Crippen LogP contribution in [0.2, 0.25) is 0 Å². The molecule has 8 nitrogen and oxygen atoms in total. The molecule has 1 aliphatic heterocycles. The number of carbonyl (C=O) groups is 1. The van der Waals surface area contributed by atoms with Crippen LogP contribution >= 0.6 is 0 Å². The van der Waals surface area contributed by atoms with E-state index in [1.165, 1.54) is 0 Å². The number of carbonyl (C=O) groups excluding carboxylic acids is 1. The van der Waals surface area contributed by atoms with Crippen LogP contribution in [0.5, 0.6) is 0 Å². The number of piperidine rings is 1. The largest absolute Gasteiger partial charge is 0.339 e. The molecule has 2 aromatic carbocycles. The van der Waals surface area contributed by atoms with Crippen LogP contribution in [-0.4, -0.2) is 51.8 Å². The number of aromatic nitrogens is 4. The Balaban J connectivity index is 1.58. The minimum Gasteiger partial charge on any atom is -0.339 e. The first kappa shape index (κ1) is 21.9. The van der Waals surface area contributed by atoms with Crippen LogP contribution in [0.1, 0.15) is 30.4 Å². The first-order chi connectivity index (χ1) is 16.6. The van der Waals surface area contributed by atoms with Gasteiger partial charge in [0.25, 0.3) is 5.91 Å². The summed E-state index contributed by atoms with van der Waals surface area (Å²) in [5.74, 6) is 7.13. The first-order valence-corrected chi connectivity index (χ1v) is 11.5. The number of hydrogen-bond acceptors (Lipinski definition) is 6. The number of nitrogens with zero attached hydrogens (tertiary/aromatic N) is 6. The molecule has 8 heteroatoms. The maximum atomic E-state index is 13.7. The van der Waals surface area contributed by atoms with Gasteiger partial charge in [0, 0.05) is 37.0 Å². The molecule has 2 aromatic heterocycles. The van der Waals surface area contributed by atoms with Gasteiger partial charge in [0.2, 0.25) is 11.8 Å². The van der Waals surface area contributed by atoms with Crippen LogP contribution in [0.15, 0.2) is 48.5 Å². The highest BCUT2D eigenvalue weighted by Crippen LogP contribution is 2.31. The standard InChI is InChI=1S/C26H27N7O/c1-3-4-16-33-24(29-30-26(33)32-15-9-10-18(27)17-32)25(34)31(2)23-21-13-6-5-11-19(21)20-12-7-8-14-22(20)28-23/h5-8,11-14,18H,9-10,15-17,27H2,1-2H3. The van der Waals surface area contributed by atoms with Crippen LogP contribution < -0.4 is 15.5 Å². The highest BCUT2D eigenvalue weighted by molar-refractivity contribution is 6.14. The Morgan fingerprint density at radius 3 is 2.62 bits per heavy atom.